The number of unbranched alkanes of at least 4 members (excludes halogenated alkanes) is 1. The van der Waals surface area contributed by atoms with E-state index in [1.54, 1.807) is 11.3 Å². The predicted octanol–water partition coefficient (Wildman–Crippen LogP) is 3.96. The number of thiazole rings is 1. The van der Waals surface area contributed by atoms with Gasteiger partial charge >= 0.3 is 0 Å². The van der Waals surface area contributed by atoms with E-state index in [2.05, 4.69) is 17.2 Å². The van der Waals surface area contributed by atoms with Gasteiger partial charge in [0.25, 0.3) is 0 Å². The van der Waals surface area contributed by atoms with Crippen molar-refractivity contribution in [2.75, 3.05) is 12.3 Å². The van der Waals surface area contributed by atoms with Crippen LogP contribution in [0.3, 0.4) is 0 Å². The molecule has 1 amide bonds. The number of benzene rings is 1. The quantitative estimate of drug-likeness (QED) is 0.648. The molecule has 1 aromatic heterocycles. The Morgan fingerprint density at radius 2 is 2.37 bits per heavy atom. The van der Waals surface area contributed by atoms with Gasteiger partial charge in [0.1, 0.15) is 0 Å². The van der Waals surface area contributed by atoms with E-state index in [0.717, 1.165) is 33.9 Å². The smallest absolute Gasteiger partial charge is 0.230 e. The van der Waals surface area contributed by atoms with E-state index in [1.807, 2.05) is 18.2 Å². The molecule has 0 aliphatic carbocycles. The van der Waals surface area contributed by atoms with Crippen molar-refractivity contribution in [1.82, 2.24) is 10.3 Å². The Balaban J connectivity index is 1.89. The van der Waals surface area contributed by atoms with Crippen molar-refractivity contribution in [2.24, 2.45) is 0 Å². The van der Waals surface area contributed by atoms with Gasteiger partial charge in [-0.3, -0.25) is 4.79 Å². The topological polar surface area (TPSA) is 42.0 Å². The van der Waals surface area contributed by atoms with E-state index < -0.39 is 0 Å². The molecule has 0 radical (unpaired) electrons. The van der Waals surface area contributed by atoms with E-state index in [-0.39, 0.29) is 5.91 Å². The third-order valence-electron chi connectivity index (χ3n) is 2.51. The molecule has 0 spiro atoms. The summed E-state index contributed by atoms with van der Waals surface area (Å²) in [6, 6.07) is 5.63. The van der Waals surface area contributed by atoms with Gasteiger partial charge in [-0.05, 0) is 24.6 Å². The van der Waals surface area contributed by atoms with Gasteiger partial charge in [0.05, 0.1) is 16.0 Å². The normalized spacial score (nSPS) is 10.8. The lowest BCUT2D eigenvalue weighted by atomic mass is 10.3. The summed E-state index contributed by atoms with van der Waals surface area (Å²) in [5.74, 6) is 0.479. The maximum absolute atomic E-state index is 11.6. The van der Waals surface area contributed by atoms with Crippen molar-refractivity contribution in [3.05, 3.63) is 23.2 Å². The van der Waals surface area contributed by atoms with Crippen LogP contribution >= 0.6 is 34.7 Å². The SMILES string of the molecule is CCCCNC(=O)CSc1nc2ccc(Cl)cc2s1. The highest BCUT2D eigenvalue weighted by atomic mass is 35.5. The Bertz CT molecular complexity index is 571. The highest BCUT2D eigenvalue weighted by molar-refractivity contribution is 8.01. The second kappa shape index (κ2) is 7.12. The minimum atomic E-state index is 0.0655. The van der Waals surface area contributed by atoms with Crippen LogP contribution in [0.25, 0.3) is 10.2 Å². The molecule has 0 aliphatic heterocycles. The van der Waals surface area contributed by atoms with Crippen molar-refractivity contribution in [3.8, 4) is 0 Å². The fraction of sp³-hybridized carbons (Fsp3) is 0.385. The monoisotopic (exact) mass is 314 g/mol. The van der Waals surface area contributed by atoms with Gasteiger partial charge in [-0.15, -0.1) is 11.3 Å². The number of hydrogen-bond donors (Lipinski definition) is 1. The van der Waals surface area contributed by atoms with E-state index >= 15 is 0 Å². The minimum absolute atomic E-state index is 0.0655. The number of rotatable bonds is 6. The first kappa shape index (κ1) is 14.6. The minimum Gasteiger partial charge on any atom is -0.355 e. The number of nitrogens with one attached hydrogen (secondary N) is 1. The number of thioether (sulfide) groups is 1. The van der Waals surface area contributed by atoms with Crippen LogP contribution in [0, 0.1) is 0 Å². The predicted molar refractivity (Wildman–Crippen MR) is 83.3 cm³/mol. The van der Waals surface area contributed by atoms with Gasteiger partial charge in [-0.1, -0.05) is 36.7 Å². The molecule has 0 atom stereocenters. The number of fused-ring (bicyclic) bond motifs is 1. The summed E-state index contributed by atoms with van der Waals surface area (Å²) in [4.78, 5) is 16.0. The van der Waals surface area contributed by atoms with E-state index in [1.165, 1.54) is 11.8 Å². The molecule has 0 aliphatic rings. The van der Waals surface area contributed by atoms with Crippen LogP contribution in [0.1, 0.15) is 19.8 Å². The third-order valence-corrected chi connectivity index (χ3v) is 4.91. The third kappa shape index (κ3) is 4.37. The van der Waals surface area contributed by atoms with Crippen molar-refractivity contribution in [2.45, 2.75) is 24.1 Å². The number of aromatic nitrogens is 1. The Morgan fingerprint density at radius 3 is 3.16 bits per heavy atom. The molecule has 102 valence electrons. The standard InChI is InChI=1S/C13H15ClN2OS2/c1-2-3-6-15-12(17)8-18-13-16-10-5-4-9(14)7-11(10)19-13/h4-5,7H,2-3,6,8H2,1H3,(H,15,17). The summed E-state index contributed by atoms with van der Waals surface area (Å²) in [5.41, 5.74) is 0.934. The van der Waals surface area contributed by atoms with Gasteiger partial charge in [-0.2, -0.15) is 0 Å². The van der Waals surface area contributed by atoms with Crippen molar-refractivity contribution in [1.29, 1.82) is 0 Å². The highest BCUT2D eigenvalue weighted by Gasteiger charge is 2.07. The maximum atomic E-state index is 11.6. The fourth-order valence-electron chi connectivity index (χ4n) is 1.52. The Kier molecular flexibility index (Phi) is 5.48. The number of hydrogen-bond acceptors (Lipinski definition) is 4. The number of halogens is 1. The zero-order valence-corrected chi connectivity index (χ0v) is 13.0. The lowest BCUT2D eigenvalue weighted by Crippen LogP contribution is -2.25. The molecule has 0 bridgehead atoms. The summed E-state index contributed by atoms with van der Waals surface area (Å²) >= 11 is 8.97. The van der Waals surface area contributed by atoms with Crippen LogP contribution in [-0.4, -0.2) is 23.2 Å². The van der Waals surface area contributed by atoms with Gasteiger partial charge in [0.15, 0.2) is 4.34 Å². The number of amides is 1. The molecule has 3 nitrogen and oxygen atoms in total. The van der Waals surface area contributed by atoms with Crippen LogP contribution in [0.2, 0.25) is 5.02 Å². The molecule has 0 saturated carbocycles. The van der Waals surface area contributed by atoms with Crippen LogP contribution in [0.4, 0.5) is 0 Å². The van der Waals surface area contributed by atoms with E-state index in [4.69, 9.17) is 11.6 Å². The highest BCUT2D eigenvalue weighted by Crippen LogP contribution is 2.30. The summed E-state index contributed by atoms with van der Waals surface area (Å²) in [7, 11) is 0. The molecule has 0 unspecified atom stereocenters. The fourth-order valence-corrected chi connectivity index (χ4v) is 3.70. The lowest BCUT2D eigenvalue weighted by molar-refractivity contribution is -0.118. The lowest BCUT2D eigenvalue weighted by Gasteiger charge is -2.01. The van der Waals surface area contributed by atoms with Crippen LogP contribution in [0.5, 0.6) is 0 Å². The van der Waals surface area contributed by atoms with Crippen LogP contribution in [0.15, 0.2) is 22.5 Å². The summed E-state index contributed by atoms with van der Waals surface area (Å²) < 4.78 is 1.96. The summed E-state index contributed by atoms with van der Waals surface area (Å²) in [6.45, 7) is 2.86. The molecule has 1 aromatic carbocycles. The van der Waals surface area contributed by atoms with Crippen molar-refractivity contribution >= 4 is 50.8 Å². The molecule has 0 fully saturated rings. The van der Waals surface area contributed by atoms with Gasteiger partial charge < -0.3 is 5.32 Å². The first-order valence-electron chi connectivity index (χ1n) is 6.14. The Hall–Kier alpha value is -0.780. The first-order valence-corrected chi connectivity index (χ1v) is 8.32. The largest absolute Gasteiger partial charge is 0.355 e. The molecule has 19 heavy (non-hydrogen) atoms. The zero-order valence-electron chi connectivity index (χ0n) is 10.6. The summed E-state index contributed by atoms with van der Waals surface area (Å²) in [6.07, 6.45) is 2.11. The molecule has 6 heteroatoms. The number of carbonyl (C=O) groups excluding carboxylic acids is 1. The maximum Gasteiger partial charge on any atom is 0.230 e. The second-order valence-corrected chi connectivity index (χ2v) is 6.77. The number of nitrogens with zero attached hydrogens (tertiary/aromatic N) is 1. The zero-order chi connectivity index (χ0) is 13.7. The van der Waals surface area contributed by atoms with Gasteiger partial charge in [0, 0.05) is 11.6 Å². The van der Waals surface area contributed by atoms with Gasteiger partial charge in [-0.25, -0.2) is 4.98 Å². The Morgan fingerprint density at radius 1 is 1.53 bits per heavy atom. The molecule has 1 N–H and O–H groups in total. The van der Waals surface area contributed by atoms with Crippen molar-refractivity contribution < 1.29 is 4.79 Å². The Labute approximate surface area is 125 Å². The number of carbonyl (C=O) groups is 1. The second-order valence-electron chi connectivity index (χ2n) is 4.08. The molecule has 2 rings (SSSR count). The van der Waals surface area contributed by atoms with Gasteiger partial charge in [0.2, 0.25) is 5.91 Å². The molecular formula is C13H15ClN2OS2. The molecule has 2 aromatic rings. The molecule has 0 saturated heterocycles. The van der Waals surface area contributed by atoms with Crippen LogP contribution < -0.4 is 5.32 Å². The van der Waals surface area contributed by atoms with Crippen molar-refractivity contribution in [3.63, 3.8) is 0 Å². The first-order chi connectivity index (χ1) is 9.19. The molecular weight excluding hydrogens is 300 g/mol. The summed E-state index contributed by atoms with van der Waals surface area (Å²) in [5, 5.41) is 3.61. The average molecular weight is 315 g/mol. The van der Waals surface area contributed by atoms with E-state index in [9.17, 15) is 4.79 Å². The van der Waals surface area contributed by atoms with E-state index in [0.29, 0.717) is 10.8 Å². The average Bonchev–Trinajstić information content (AvgIpc) is 2.78. The molecule has 1 heterocycles. The van der Waals surface area contributed by atoms with Crippen LogP contribution in [-0.2, 0) is 4.79 Å².